The molecule has 2 fully saturated rings. The molecule has 23 heavy (non-hydrogen) atoms. The van der Waals surface area contributed by atoms with E-state index in [0.717, 1.165) is 42.9 Å². The summed E-state index contributed by atoms with van der Waals surface area (Å²) in [7, 11) is 0. The fourth-order valence-corrected chi connectivity index (χ4v) is 3.67. The van der Waals surface area contributed by atoms with E-state index in [4.69, 9.17) is 15.7 Å². The number of nitrogens with two attached hydrogens (primary N) is 1. The molecule has 1 aromatic rings. The van der Waals surface area contributed by atoms with Gasteiger partial charge in [-0.2, -0.15) is 0 Å². The Morgan fingerprint density at radius 2 is 2.13 bits per heavy atom. The molecule has 0 unspecified atom stereocenters. The maximum Gasteiger partial charge on any atom is 0.133 e. The third-order valence-electron chi connectivity index (χ3n) is 5.18. The highest BCUT2D eigenvalue weighted by atomic mass is 15.3. The van der Waals surface area contributed by atoms with Crippen molar-refractivity contribution in [1.82, 2.24) is 4.98 Å². The van der Waals surface area contributed by atoms with Gasteiger partial charge in [0.25, 0.3) is 0 Å². The van der Waals surface area contributed by atoms with Crippen molar-refractivity contribution in [2.24, 2.45) is 10.7 Å². The maximum atomic E-state index is 6.34. The first-order chi connectivity index (χ1) is 11.0. The fourth-order valence-electron chi connectivity index (χ4n) is 3.67. The predicted octanol–water partition coefficient (Wildman–Crippen LogP) is 3.60. The molecule has 0 atom stereocenters. The van der Waals surface area contributed by atoms with Crippen LogP contribution in [0, 0.1) is 0 Å². The molecule has 2 N–H and O–H groups in total. The number of aromatic nitrogens is 1. The summed E-state index contributed by atoms with van der Waals surface area (Å²) >= 11 is 0. The Morgan fingerprint density at radius 1 is 1.39 bits per heavy atom. The number of nitrogens with zero attached hydrogens (tertiary/aromatic N) is 3. The minimum Gasteiger partial charge on any atom is -0.322 e. The number of aliphatic imine (C=N–C) groups is 1. The molecular weight excluding hydrogens is 284 g/mol. The minimum absolute atomic E-state index is 0.168. The third kappa shape index (κ3) is 2.32. The second-order valence-electron chi connectivity index (χ2n) is 7.27. The lowest BCUT2D eigenvalue weighted by molar-refractivity contribution is 0.311. The van der Waals surface area contributed by atoms with E-state index < -0.39 is 0 Å². The van der Waals surface area contributed by atoms with Gasteiger partial charge in [-0.05, 0) is 57.7 Å². The molecule has 3 heterocycles. The van der Waals surface area contributed by atoms with Gasteiger partial charge in [-0.15, -0.1) is 0 Å². The van der Waals surface area contributed by atoms with Crippen molar-refractivity contribution in [3.05, 3.63) is 48.1 Å². The number of anilines is 1. The molecule has 1 aromatic heterocycles. The quantitative estimate of drug-likeness (QED) is 0.683. The molecule has 4 aliphatic rings. The van der Waals surface area contributed by atoms with Crippen LogP contribution in [0.1, 0.15) is 56.8 Å². The molecule has 120 valence electrons. The van der Waals surface area contributed by atoms with Crippen LogP contribution in [0.4, 0.5) is 5.69 Å². The van der Waals surface area contributed by atoms with Gasteiger partial charge in [0.15, 0.2) is 0 Å². The summed E-state index contributed by atoms with van der Waals surface area (Å²) in [6, 6.07) is 4.83. The lowest BCUT2D eigenvalue weighted by Crippen LogP contribution is -2.49. The molecule has 0 saturated heterocycles. The number of allylic oxidation sites excluding steroid dienone is 2. The van der Waals surface area contributed by atoms with Gasteiger partial charge >= 0.3 is 0 Å². The Labute approximate surface area is 137 Å². The average Bonchev–Trinajstić information content (AvgIpc) is 3.22. The van der Waals surface area contributed by atoms with Gasteiger partial charge in [-0.25, -0.2) is 4.99 Å². The highest BCUT2D eigenvalue weighted by Gasteiger charge is 2.47. The number of hydrogen-bond acceptors (Lipinski definition) is 4. The second-order valence-corrected chi connectivity index (χ2v) is 7.27. The molecular formula is C19H24N4. The first kappa shape index (κ1) is 14.6. The molecule has 5 rings (SSSR count). The third-order valence-corrected chi connectivity index (χ3v) is 5.18. The zero-order valence-electron chi connectivity index (χ0n) is 13.9. The molecule has 4 heteroatoms. The fraction of sp³-hybridized carbons (Fsp3) is 0.474. The number of rotatable bonds is 4. The molecule has 0 amide bonds. The molecule has 2 aliphatic carbocycles. The van der Waals surface area contributed by atoms with Gasteiger partial charge < -0.3 is 10.6 Å². The van der Waals surface area contributed by atoms with E-state index in [9.17, 15) is 0 Å². The molecule has 4 nitrogen and oxygen atoms in total. The van der Waals surface area contributed by atoms with Crippen LogP contribution >= 0.6 is 0 Å². The van der Waals surface area contributed by atoms with E-state index >= 15 is 0 Å². The van der Waals surface area contributed by atoms with Crippen LogP contribution in [-0.4, -0.2) is 16.7 Å². The smallest absolute Gasteiger partial charge is 0.133 e. The van der Waals surface area contributed by atoms with Crippen molar-refractivity contribution in [2.75, 3.05) is 4.90 Å². The standard InChI is InChI=1S/C19H24N4/c1-4-5-17(21-12(2)3)23-14-10-13(11-14)18-15(23)6-7-16(22-18)19(20)8-9-19/h4-7,13-14H,1,8-11,20H2,2-3H3/b17-5+. The van der Waals surface area contributed by atoms with E-state index in [1.54, 1.807) is 0 Å². The van der Waals surface area contributed by atoms with Gasteiger partial charge in [-0.1, -0.05) is 12.7 Å². The van der Waals surface area contributed by atoms with Crippen LogP contribution in [0.2, 0.25) is 0 Å². The largest absolute Gasteiger partial charge is 0.322 e. The Bertz CT molecular complexity index is 717. The normalized spacial score (nSPS) is 26.9. The number of pyridine rings is 1. The van der Waals surface area contributed by atoms with Gasteiger partial charge in [-0.3, -0.25) is 4.98 Å². The van der Waals surface area contributed by atoms with Crippen molar-refractivity contribution < 1.29 is 0 Å². The topological polar surface area (TPSA) is 54.5 Å². The molecule has 2 aliphatic heterocycles. The number of hydrogen-bond donors (Lipinski definition) is 1. The SMILES string of the molecule is C=C/C=C(\N=C(C)C)N1c2ccc(C3(N)CC3)nc2C2CC1C2. The van der Waals surface area contributed by atoms with Crippen molar-refractivity contribution in [2.45, 2.75) is 57.0 Å². The predicted molar refractivity (Wildman–Crippen MR) is 94.6 cm³/mol. The van der Waals surface area contributed by atoms with Crippen LogP contribution in [-0.2, 0) is 5.54 Å². The van der Waals surface area contributed by atoms with Crippen molar-refractivity contribution in [3.8, 4) is 0 Å². The van der Waals surface area contributed by atoms with Gasteiger partial charge in [0.1, 0.15) is 5.82 Å². The van der Waals surface area contributed by atoms with Crippen LogP contribution in [0.5, 0.6) is 0 Å². The zero-order valence-corrected chi connectivity index (χ0v) is 13.9. The van der Waals surface area contributed by atoms with Crippen molar-refractivity contribution in [1.29, 1.82) is 0 Å². The highest BCUT2D eigenvalue weighted by Crippen LogP contribution is 2.52. The molecule has 2 saturated carbocycles. The van der Waals surface area contributed by atoms with Crippen molar-refractivity contribution >= 4 is 11.4 Å². The molecule has 0 spiro atoms. The summed E-state index contributed by atoms with van der Waals surface area (Å²) in [6.45, 7) is 7.90. The maximum absolute atomic E-state index is 6.34. The lowest BCUT2D eigenvalue weighted by atomic mass is 9.72. The Hall–Kier alpha value is -1.94. The average molecular weight is 308 g/mol. The van der Waals surface area contributed by atoms with E-state index in [1.807, 2.05) is 26.0 Å². The van der Waals surface area contributed by atoms with Crippen LogP contribution in [0.15, 0.2) is 41.7 Å². The van der Waals surface area contributed by atoms with E-state index in [-0.39, 0.29) is 5.54 Å². The van der Waals surface area contributed by atoms with Gasteiger partial charge in [0, 0.05) is 17.7 Å². The summed E-state index contributed by atoms with van der Waals surface area (Å²) in [4.78, 5) is 12.0. The van der Waals surface area contributed by atoms with Crippen LogP contribution in [0.25, 0.3) is 0 Å². The summed E-state index contributed by atoms with van der Waals surface area (Å²) in [5, 5.41) is 0. The van der Waals surface area contributed by atoms with Gasteiger partial charge in [0.05, 0.1) is 22.6 Å². The Morgan fingerprint density at radius 3 is 2.74 bits per heavy atom. The molecule has 2 bridgehead atoms. The van der Waals surface area contributed by atoms with Crippen molar-refractivity contribution in [3.63, 3.8) is 0 Å². The lowest BCUT2D eigenvalue weighted by Gasteiger charge is -2.50. The zero-order chi connectivity index (χ0) is 16.2. The minimum atomic E-state index is -0.168. The first-order valence-corrected chi connectivity index (χ1v) is 8.46. The Balaban J connectivity index is 1.78. The highest BCUT2D eigenvalue weighted by molar-refractivity contribution is 5.81. The summed E-state index contributed by atoms with van der Waals surface area (Å²) in [6.07, 6.45) is 8.23. The Kier molecular flexibility index (Phi) is 3.20. The van der Waals surface area contributed by atoms with Crippen LogP contribution < -0.4 is 10.6 Å². The first-order valence-electron chi connectivity index (χ1n) is 8.46. The summed E-state index contributed by atoms with van der Waals surface area (Å²) in [5.74, 6) is 1.55. The van der Waals surface area contributed by atoms with E-state index in [1.165, 1.54) is 11.4 Å². The second kappa shape index (κ2) is 5.03. The molecule has 0 aromatic carbocycles. The molecule has 0 radical (unpaired) electrons. The summed E-state index contributed by atoms with van der Waals surface area (Å²) < 4.78 is 0. The van der Waals surface area contributed by atoms with E-state index in [0.29, 0.717) is 12.0 Å². The van der Waals surface area contributed by atoms with Crippen LogP contribution in [0.3, 0.4) is 0 Å². The van der Waals surface area contributed by atoms with E-state index in [2.05, 4.69) is 23.6 Å². The monoisotopic (exact) mass is 308 g/mol. The summed E-state index contributed by atoms with van der Waals surface area (Å²) in [5.41, 5.74) is 10.7. The van der Waals surface area contributed by atoms with Gasteiger partial charge in [0.2, 0.25) is 0 Å².